The predicted octanol–water partition coefficient (Wildman–Crippen LogP) is 2.42. The summed E-state index contributed by atoms with van der Waals surface area (Å²) in [7, 11) is 0. The van der Waals surface area contributed by atoms with Gasteiger partial charge in [-0.25, -0.2) is 0 Å². The summed E-state index contributed by atoms with van der Waals surface area (Å²) in [6.45, 7) is 6.42. The Labute approximate surface area is 97.9 Å². The third-order valence-electron chi connectivity index (χ3n) is 3.54. The molecule has 1 N–H and O–H groups in total. The molecule has 2 heteroatoms. The highest BCUT2D eigenvalue weighted by Gasteiger charge is 2.33. The fraction of sp³-hybridized carbons (Fsp3) is 0.571. The van der Waals surface area contributed by atoms with Crippen molar-refractivity contribution in [3.63, 3.8) is 0 Å². The minimum atomic E-state index is -0.123. The van der Waals surface area contributed by atoms with Crippen molar-refractivity contribution in [3.05, 3.63) is 35.9 Å². The fourth-order valence-electron chi connectivity index (χ4n) is 2.51. The monoisotopic (exact) mass is 219 g/mol. The van der Waals surface area contributed by atoms with Crippen LogP contribution in [0.3, 0.4) is 0 Å². The summed E-state index contributed by atoms with van der Waals surface area (Å²) in [6.07, 6.45) is 1.65. The average Bonchev–Trinajstić information content (AvgIpc) is 2.23. The number of rotatable bonds is 2. The second-order valence-corrected chi connectivity index (χ2v) is 5.37. The van der Waals surface area contributed by atoms with E-state index in [1.165, 1.54) is 5.56 Å². The Balaban J connectivity index is 2.05. The van der Waals surface area contributed by atoms with Gasteiger partial charge < -0.3 is 5.11 Å². The van der Waals surface area contributed by atoms with Crippen molar-refractivity contribution >= 4 is 0 Å². The van der Waals surface area contributed by atoms with Crippen LogP contribution in [0.1, 0.15) is 32.3 Å². The highest BCUT2D eigenvalue weighted by Crippen LogP contribution is 2.28. The Kier molecular flexibility index (Phi) is 3.31. The van der Waals surface area contributed by atoms with Gasteiger partial charge in [0.15, 0.2) is 0 Å². The fourth-order valence-corrected chi connectivity index (χ4v) is 2.51. The van der Waals surface area contributed by atoms with Gasteiger partial charge in [0.05, 0.1) is 6.10 Å². The van der Waals surface area contributed by atoms with Gasteiger partial charge in [-0.2, -0.15) is 0 Å². The van der Waals surface area contributed by atoms with Crippen LogP contribution in [0.5, 0.6) is 0 Å². The number of hydrogen-bond acceptors (Lipinski definition) is 2. The Hall–Kier alpha value is -0.860. The van der Waals surface area contributed by atoms with E-state index in [-0.39, 0.29) is 11.6 Å². The molecule has 2 nitrogen and oxygen atoms in total. The smallest absolute Gasteiger partial charge is 0.0569 e. The Morgan fingerprint density at radius 2 is 2.00 bits per heavy atom. The predicted molar refractivity (Wildman–Crippen MR) is 66.2 cm³/mol. The lowest BCUT2D eigenvalue weighted by atomic mass is 9.88. The number of piperidine rings is 1. The number of hydrogen-bond donors (Lipinski definition) is 1. The molecule has 1 fully saturated rings. The third kappa shape index (κ3) is 2.63. The lowest BCUT2D eigenvalue weighted by molar-refractivity contribution is -0.00717. The molecule has 1 aliphatic rings. The van der Waals surface area contributed by atoms with Crippen molar-refractivity contribution in [1.82, 2.24) is 4.90 Å². The van der Waals surface area contributed by atoms with E-state index in [0.29, 0.717) is 0 Å². The maximum absolute atomic E-state index is 9.70. The van der Waals surface area contributed by atoms with Crippen LogP contribution in [0.15, 0.2) is 30.3 Å². The number of benzene rings is 1. The van der Waals surface area contributed by atoms with Gasteiger partial charge in [-0.1, -0.05) is 30.3 Å². The molecule has 1 saturated heterocycles. The summed E-state index contributed by atoms with van der Waals surface area (Å²) >= 11 is 0. The van der Waals surface area contributed by atoms with Crippen LogP contribution in [0.4, 0.5) is 0 Å². The van der Waals surface area contributed by atoms with Crippen LogP contribution in [0, 0.1) is 0 Å². The molecule has 0 radical (unpaired) electrons. The standard InChI is InChI=1S/C14H21NO/c1-14(2)10-13(16)8-9-15(14)11-12-6-4-3-5-7-12/h3-7,13,16H,8-11H2,1-2H3/t13-/m0/s1. The topological polar surface area (TPSA) is 23.5 Å². The Morgan fingerprint density at radius 3 is 2.62 bits per heavy atom. The van der Waals surface area contributed by atoms with Gasteiger partial charge in [-0.15, -0.1) is 0 Å². The van der Waals surface area contributed by atoms with Crippen LogP contribution < -0.4 is 0 Å². The van der Waals surface area contributed by atoms with Gasteiger partial charge >= 0.3 is 0 Å². The van der Waals surface area contributed by atoms with Crippen LogP contribution in [-0.4, -0.2) is 28.2 Å². The second kappa shape index (κ2) is 4.56. The van der Waals surface area contributed by atoms with E-state index in [4.69, 9.17) is 0 Å². The van der Waals surface area contributed by atoms with E-state index in [9.17, 15) is 5.11 Å². The summed E-state index contributed by atoms with van der Waals surface area (Å²) in [4.78, 5) is 2.47. The largest absolute Gasteiger partial charge is 0.393 e. The molecule has 0 aliphatic carbocycles. The first-order chi connectivity index (χ1) is 7.58. The first kappa shape index (κ1) is 11.6. The molecule has 1 heterocycles. The molecule has 1 aliphatic heterocycles. The third-order valence-corrected chi connectivity index (χ3v) is 3.54. The maximum Gasteiger partial charge on any atom is 0.0569 e. The molecular formula is C14H21NO. The van der Waals surface area contributed by atoms with Gasteiger partial charge in [0, 0.05) is 18.6 Å². The first-order valence-corrected chi connectivity index (χ1v) is 6.05. The van der Waals surface area contributed by atoms with E-state index in [1.54, 1.807) is 0 Å². The molecule has 16 heavy (non-hydrogen) atoms. The zero-order chi connectivity index (χ0) is 11.6. The molecule has 0 amide bonds. The molecule has 88 valence electrons. The zero-order valence-electron chi connectivity index (χ0n) is 10.2. The minimum absolute atomic E-state index is 0.105. The highest BCUT2D eigenvalue weighted by molar-refractivity contribution is 5.15. The van der Waals surface area contributed by atoms with Gasteiger partial charge in [0.2, 0.25) is 0 Å². The van der Waals surface area contributed by atoms with Crippen molar-refractivity contribution in [2.45, 2.75) is 44.9 Å². The number of likely N-dealkylation sites (tertiary alicyclic amines) is 1. The summed E-state index contributed by atoms with van der Waals surface area (Å²) in [5.74, 6) is 0. The van der Waals surface area contributed by atoms with E-state index in [0.717, 1.165) is 25.9 Å². The van der Waals surface area contributed by atoms with Crippen LogP contribution in [0.2, 0.25) is 0 Å². The lowest BCUT2D eigenvalue weighted by Gasteiger charge is -2.44. The van der Waals surface area contributed by atoms with Gasteiger partial charge in [-0.3, -0.25) is 4.90 Å². The molecule has 0 spiro atoms. The quantitative estimate of drug-likeness (QED) is 0.825. The number of aliphatic hydroxyl groups is 1. The molecule has 0 bridgehead atoms. The first-order valence-electron chi connectivity index (χ1n) is 6.05. The summed E-state index contributed by atoms with van der Waals surface area (Å²) in [5, 5.41) is 9.70. The minimum Gasteiger partial charge on any atom is -0.393 e. The van der Waals surface area contributed by atoms with E-state index in [2.05, 4.69) is 49.1 Å². The van der Waals surface area contributed by atoms with Crippen LogP contribution in [-0.2, 0) is 6.54 Å². The lowest BCUT2D eigenvalue weighted by Crippen LogP contribution is -2.50. The zero-order valence-corrected chi connectivity index (χ0v) is 10.2. The Bertz CT molecular complexity index is 334. The van der Waals surface area contributed by atoms with E-state index in [1.807, 2.05) is 0 Å². The van der Waals surface area contributed by atoms with Crippen molar-refractivity contribution in [1.29, 1.82) is 0 Å². The van der Waals surface area contributed by atoms with Gasteiger partial charge in [0.25, 0.3) is 0 Å². The number of aliphatic hydroxyl groups excluding tert-OH is 1. The van der Waals surface area contributed by atoms with Crippen molar-refractivity contribution in [3.8, 4) is 0 Å². The SMILES string of the molecule is CC1(C)C[C@@H](O)CCN1Cc1ccccc1. The summed E-state index contributed by atoms with van der Waals surface area (Å²) in [5.41, 5.74) is 1.46. The molecule has 0 unspecified atom stereocenters. The number of nitrogens with zero attached hydrogens (tertiary/aromatic N) is 1. The average molecular weight is 219 g/mol. The molecule has 1 aromatic carbocycles. The molecule has 0 aromatic heterocycles. The highest BCUT2D eigenvalue weighted by atomic mass is 16.3. The van der Waals surface area contributed by atoms with E-state index < -0.39 is 0 Å². The normalized spacial score (nSPS) is 25.6. The van der Waals surface area contributed by atoms with Gasteiger partial charge in [-0.05, 0) is 32.3 Å². The molecular weight excluding hydrogens is 198 g/mol. The van der Waals surface area contributed by atoms with Crippen molar-refractivity contribution in [2.24, 2.45) is 0 Å². The van der Waals surface area contributed by atoms with Crippen molar-refractivity contribution < 1.29 is 5.11 Å². The van der Waals surface area contributed by atoms with Crippen molar-refractivity contribution in [2.75, 3.05) is 6.54 Å². The van der Waals surface area contributed by atoms with Crippen LogP contribution >= 0.6 is 0 Å². The van der Waals surface area contributed by atoms with Gasteiger partial charge in [0.1, 0.15) is 0 Å². The molecule has 2 rings (SSSR count). The second-order valence-electron chi connectivity index (χ2n) is 5.37. The molecule has 1 aromatic rings. The van der Waals surface area contributed by atoms with Crippen LogP contribution in [0.25, 0.3) is 0 Å². The van der Waals surface area contributed by atoms with E-state index >= 15 is 0 Å². The summed E-state index contributed by atoms with van der Waals surface area (Å²) < 4.78 is 0. The molecule has 1 atom stereocenters. The molecule has 0 saturated carbocycles. The summed E-state index contributed by atoms with van der Waals surface area (Å²) in [6, 6.07) is 10.6. The maximum atomic E-state index is 9.70. The Morgan fingerprint density at radius 1 is 1.31 bits per heavy atom.